The van der Waals surface area contributed by atoms with Crippen LogP contribution in [0, 0.1) is 28.6 Å². The fourth-order valence-corrected chi connectivity index (χ4v) is 8.46. The van der Waals surface area contributed by atoms with Crippen molar-refractivity contribution in [2.75, 3.05) is 20.2 Å². The second-order valence-electron chi connectivity index (χ2n) is 12.7. The van der Waals surface area contributed by atoms with Gasteiger partial charge < -0.3 is 25.4 Å². The zero-order valence-electron chi connectivity index (χ0n) is 23.5. The van der Waals surface area contributed by atoms with Crippen molar-refractivity contribution in [3.8, 4) is 0 Å². The Morgan fingerprint density at radius 3 is 2.67 bits per heavy atom. The smallest absolute Gasteiger partial charge is 0.306 e. The number of unbranched alkanes of at least 4 members (excludes halogenated alkanes) is 1. The summed E-state index contributed by atoms with van der Waals surface area (Å²) in [6.07, 6.45) is 5.48. The monoisotopic (exact) mass is 549 g/mol. The maximum Gasteiger partial charge on any atom is 0.306 e. The second kappa shape index (κ2) is 10.8. The molecule has 8 nitrogen and oxygen atoms in total. The third-order valence-corrected chi connectivity index (χ3v) is 10.6. The number of halogens is 1. The highest BCUT2D eigenvalue weighted by atomic mass is 19.1. The predicted octanol–water partition coefficient (Wildman–Crippen LogP) is 2.59. The zero-order chi connectivity index (χ0) is 28.8. The van der Waals surface area contributed by atoms with Gasteiger partial charge in [-0.15, -0.1) is 0 Å². The fourth-order valence-electron chi connectivity index (χ4n) is 8.46. The number of hydrogen-bond acceptors (Lipinski definition) is 8. The van der Waals surface area contributed by atoms with Gasteiger partial charge >= 0.3 is 5.97 Å². The Hall–Kier alpha value is -1.94. The van der Waals surface area contributed by atoms with Crippen LogP contribution in [0.2, 0.25) is 0 Å². The van der Waals surface area contributed by atoms with E-state index in [1.165, 1.54) is 12.2 Å². The lowest BCUT2D eigenvalue weighted by atomic mass is 9.44. The molecule has 4 aliphatic rings. The molecule has 9 heteroatoms. The Bertz CT molecular complexity index is 1060. The highest BCUT2D eigenvalue weighted by molar-refractivity contribution is 6.01. The van der Waals surface area contributed by atoms with E-state index in [0.29, 0.717) is 50.6 Å². The molecule has 0 heterocycles. The molecule has 0 radical (unpaired) electrons. The van der Waals surface area contributed by atoms with E-state index >= 15 is 4.39 Å². The normalized spacial score (nSPS) is 41.7. The number of fused-ring (bicyclic) bond motifs is 5. The first-order valence-electron chi connectivity index (χ1n) is 14.3. The first-order chi connectivity index (χ1) is 18.3. The van der Waals surface area contributed by atoms with Gasteiger partial charge in [0.2, 0.25) is 5.78 Å². The van der Waals surface area contributed by atoms with Crippen LogP contribution in [0.5, 0.6) is 0 Å². The lowest BCUT2D eigenvalue weighted by Crippen LogP contribution is -2.69. The predicted molar refractivity (Wildman–Crippen MR) is 142 cm³/mol. The Labute approximate surface area is 230 Å². The lowest BCUT2D eigenvalue weighted by Gasteiger charge is -2.62. The number of allylic oxidation sites excluding steroid dienone is 4. The van der Waals surface area contributed by atoms with Gasteiger partial charge in [-0.2, -0.15) is 0 Å². The van der Waals surface area contributed by atoms with Gasteiger partial charge in [-0.05, 0) is 76.5 Å². The number of aliphatic hydroxyl groups is 3. The van der Waals surface area contributed by atoms with E-state index in [-0.39, 0.29) is 24.5 Å². The van der Waals surface area contributed by atoms with Crippen LogP contribution in [-0.2, 0) is 19.1 Å². The lowest BCUT2D eigenvalue weighted by molar-refractivity contribution is -0.220. The van der Waals surface area contributed by atoms with E-state index < -0.39 is 64.5 Å². The van der Waals surface area contributed by atoms with Crippen molar-refractivity contribution >= 4 is 17.5 Å². The molecular formula is C30H44FNO7. The molecular weight excluding hydrogens is 505 g/mol. The van der Waals surface area contributed by atoms with Crippen LogP contribution in [-0.4, -0.2) is 76.5 Å². The first kappa shape index (κ1) is 30.0. The topological polar surface area (TPSA) is 133 Å². The fraction of sp³-hybridized carbons (Fsp3) is 0.767. The van der Waals surface area contributed by atoms with Gasteiger partial charge in [0, 0.05) is 29.7 Å². The Kier molecular flexibility index (Phi) is 8.32. The molecule has 1 unspecified atom stereocenters. The van der Waals surface area contributed by atoms with Crippen LogP contribution in [0.25, 0.3) is 0 Å². The highest BCUT2D eigenvalue weighted by Crippen LogP contribution is 2.70. The number of alkyl halides is 1. The molecule has 4 N–H and O–H groups in total. The summed E-state index contributed by atoms with van der Waals surface area (Å²) in [5.74, 6) is -2.87. The molecule has 9 atom stereocenters. The number of aliphatic hydroxyl groups excluding tert-OH is 2. The van der Waals surface area contributed by atoms with Crippen molar-refractivity contribution < 1.29 is 38.8 Å². The van der Waals surface area contributed by atoms with Gasteiger partial charge in [0.15, 0.2) is 18.1 Å². The molecule has 0 aliphatic heterocycles. The molecule has 39 heavy (non-hydrogen) atoms. The quantitative estimate of drug-likeness (QED) is 0.241. The van der Waals surface area contributed by atoms with Crippen LogP contribution >= 0.6 is 0 Å². The van der Waals surface area contributed by atoms with E-state index in [4.69, 9.17) is 4.74 Å². The minimum absolute atomic E-state index is 0.100. The van der Waals surface area contributed by atoms with Gasteiger partial charge in [0.05, 0.1) is 12.2 Å². The van der Waals surface area contributed by atoms with Gasteiger partial charge in [0.25, 0.3) is 0 Å². The Balaban J connectivity index is 1.46. The molecule has 0 aromatic heterocycles. The Morgan fingerprint density at radius 2 is 1.97 bits per heavy atom. The summed E-state index contributed by atoms with van der Waals surface area (Å²) in [4.78, 5) is 37.8. The number of ether oxygens (including phenoxy) is 1. The summed E-state index contributed by atoms with van der Waals surface area (Å²) in [6, 6.07) is 0. The van der Waals surface area contributed by atoms with Crippen molar-refractivity contribution in [2.45, 2.75) is 95.6 Å². The van der Waals surface area contributed by atoms with Crippen molar-refractivity contribution in [1.29, 1.82) is 0 Å². The largest absolute Gasteiger partial charge is 0.458 e. The number of esters is 1. The summed E-state index contributed by atoms with van der Waals surface area (Å²) >= 11 is 0. The zero-order valence-corrected chi connectivity index (χ0v) is 23.5. The van der Waals surface area contributed by atoms with E-state index in [9.17, 15) is 29.7 Å². The van der Waals surface area contributed by atoms with E-state index in [0.717, 1.165) is 0 Å². The number of carbonyl (C=O) groups is 3. The van der Waals surface area contributed by atoms with E-state index in [1.807, 2.05) is 0 Å². The summed E-state index contributed by atoms with van der Waals surface area (Å²) in [5, 5.41) is 36.0. The van der Waals surface area contributed by atoms with Gasteiger partial charge in [-0.3, -0.25) is 14.4 Å². The summed E-state index contributed by atoms with van der Waals surface area (Å²) in [6.45, 7) is 5.15. The number of hydrogen-bond donors (Lipinski definition) is 4. The molecule has 3 fully saturated rings. The minimum atomic E-state index is -2.04. The van der Waals surface area contributed by atoms with Crippen LogP contribution in [0.3, 0.4) is 0 Å². The van der Waals surface area contributed by atoms with Gasteiger partial charge in [0.1, 0.15) is 5.60 Å². The average molecular weight is 550 g/mol. The molecule has 4 rings (SSSR count). The van der Waals surface area contributed by atoms with E-state index in [1.54, 1.807) is 33.9 Å². The first-order valence-corrected chi connectivity index (χ1v) is 14.3. The molecule has 0 saturated heterocycles. The van der Waals surface area contributed by atoms with Gasteiger partial charge in [-0.1, -0.05) is 31.9 Å². The average Bonchev–Trinajstić information content (AvgIpc) is 3.08. The standard InChI is InChI=1S/C30H44FNO7/c1-18-13-23-22-10-9-19-14-20(33)11-12-27(19,2)29(22,31)24(35)15-28(23,3)30(18,38)25(36)17-39-26(37)8-6-5-7-21(34)16-32-4/h11-12,14,18,21-24,32,34-35,38H,5-10,13,15-17H2,1-4H3/t18-,21?,22+,23+,24+,27+,28+,29+,30+/m1/s1. The minimum Gasteiger partial charge on any atom is -0.458 e. The van der Waals surface area contributed by atoms with Crippen LogP contribution in [0.1, 0.15) is 72.1 Å². The maximum atomic E-state index is 17.2. The molecule has 0 aromatic carbocycles. The number of rotatable bonds is 10. The number of nitrogens with one attached hydrogen (secondary N) is 1. The molecule has 0 amide bonds. The van der Waals surface area contributed by atoms with Crippen molar-refractivity contribution in [3.05, 3.63) is 23.8 Å². The van der Waals surface area contributed by atoms with Crippen LogP contribution < -0.4 is 5.32 Å². The van der Waals surface area contributed by atoms with Crippen molar-refractivity contribution in [3.63, 3.8) is 0 Å². The third-order valence-electron chi connectivity index (χ3n) is 10.6. The molecule has 218 valence electrons. The Morgan fingerprint density at radius 1 is 1.26 bits per heavy atom. The highest BCUT2D eigenvalue weighted by Gasteiger charge is 2.75. The summed E-state index contributed by atoms with van der Waals surface area (Å²) < 4.78 is 22.5. The number of Topliss-reactive ketones (excluding diaryl/α,β-unsaturated/α-hetero) is 1. The number of likely N-dealkylation sites (N-methyl/N-ethyl adjacent to an activating group) is 1. The van der Waals surface area contributed by atoms with E-state index in [2.05, 4.69) is 5.32 Å². The van der Waals surface area contributed by atoms with Crippen LogP contribution in [0.4, 0.5) is 4.39 Å². The van der Waals surface area contributed by atoms with Crippen molar-refractivity contribution in [2.24, 2.45) is 28.6 Å². The SMILES string of the molecule is CNCC(O)CCCCC(=O)OCC(=O)[C@@]1(O)[C@H](C)C[C@H]2[C@@H]3CCC4=CC(=O)C=C[C@]4(C)[C@@]3(F)[C@@H](O)C[C@@]21C. The molecule has 0 bridgehead atoms. The molecule has 0 aromatic rings. The summed E-state index contributed by atoms with van der Waals surface area (Å²) in [7, 11) is 1.75. The number of ketones is 2. The van der Waals surface area contributed by atoms with Gasteiger partial charge in [-0.25, -0.2) is 4.39 Å². The second-order valence-corrected chi connectivity index (χ2v) is 12.7. The third kappa shape index (κ3) is 4.63. The molecule has 3 saturated carbocycles. The van der Waals surface area contributed by atoms with Crippen LogP contribution in [0.15, 0.2) is 23.8 Å². The number of carbonyl (C=O) groups excluding carboxylic acids is 3. The maximum absolute atomic E-state index is 17.2. The summed E-state index contributed by atoms with van der Waals surface area (Å²) in [5.41, 5.74) is -5.49. The molecule has 0 spiro atoms. The molecule has 4 aliphatic carbocycles. The van der Waals surface area contributed by atoms with Crippen molar-refractivity contribution in [1.82, 2.24) is 5.32 Å².